The molecule has 1 nitrogen and oxygen atoms in total. The molecule has 52 valence electrons. The number of nitrogens with two attached hydrogens (primary N) is 1. The van der Waals surface area contributed by atoms with E-state index >= 15 is 0 Å². The van der Waals surface area contributed by atoms with Crippen molar-refractivity contribution in [3.05, 3.63) is 0 Å². The molecule has 0 aromatic heterocycles. The minimum atomic E-state index is 0. The average molecular weight is 229 g/mol. The molecule has 0 rings (SSSR count). The molecule has 8 heavy (non-hydrogen) atoms. The van der Waals surface area contributed by atoms with Gasteiger partial charge in [0.2, 0.25) is 0 Å². The van der Waals surface area contributed by atoms with Gasteiger partial charge in [0.25, 0.3) is 0 Å². The zero-order chi connectivity index (χ0) is 5.70. The molecule has 0 aromatic carbocycles. The van der Waals surface area contributed by atoms with Gasteiger partial charge in [0.1, 0.15) is 0 Å². The van der Waals surface area contributed by atoms with Crippen molar-refractivity contribution >= 4 is 24.0 Å². The fourth-order valence-electron chi connectivity index (χ4n) is 0.575. The van der Waals surface area contributed by atoms with Crippen LogP contribution in [0.3, 0.4) is 0 Å². The molecule has 0 aliphatic carbocycles. The highest BCUT2D eigenvalue weighted by Gasteiger charge is 1.92. The Bertz CT molecular complexity index is 39.5. The van der Waals surface area contributed by atoms with E-state index in [0.29, 0.717) is 6.04 Å². The highest BCUT2D eigenvalue weighted by Crippen LogP contribution is 1.95. The van der Waals surface area contributed by atoms with Crippen molar-refractivity contribution in [1.82, 2.24) is 0 Å². The van der Waals surface area contributed by atoms with E-state index < -0.39 is 0 Å². The second kappa shape index (κ2) is 7.69. The Labute approximate surface area is 69.0 Å². The number of halogens is 1. The van der Waals surface area contributed by atoms with E-state index in [9.17, 15) is 0 Å². The monoisotopic (exact) mass is 229 g/mol. The summed E-state index contributed by atoms with van der Waals surface area (Å²) in [6.45, 7) is 4.29. The van der Waals surface area contributed by atoms with Crippen molar-refractivity contribution in [2.24, 2.45) is 5.73 Å². The number of rotatable bonds is 3. The van der Waals surface area contributed by atoms with Gasteiger partial charge in [-0.25, -0.2) is 0 Å². The predicted molar refractivity (Wildman–Crippen MR) is 48.6 cm³/mol. The lowest BCUT2D eigenvalue weighted by atomic mass is 10.1. The van der Waals surface area contributed by atoms with E-state index in [2.05, 4.69) is 13.8 Å². The lowest BCUT2D eigenvalue weighted by molar-refractivity contribution is 0.587. The van der Waals surface area contributed by atoms with Crippen LogP contribution in [0.15, 0.2) is 0 Å². The van der Waals surface area contributed by atoms with E-state index in [4.69, 9.17) is 5.73 Å². The van der Waals surface area contributed by atoms with Crippen LogP contribution >= 0.6 is 24.0 Å². The maximum atomic E-state index is 5.58. The second-order valence-corrected chi connectivity index (χ2v) is 1.96. The minimum Gasteiger partial charge on any atom is -0.328 e. The molecule has 0 aromatic rings. The Balaban J connectivity index is 0. The Morgan fingerprint density at radius 3 is 2.00 bits per heavy atom. The van der Waals surface area contributed by atoms with Crippen LogP contribution in [0, 0.1) is 0 Å². The highest BCUT2D eigenvalue weighted by molar-refractivity contribution is 14.0. The summed E-state index contributed by atoms with van der Waals surface area (Å²) in [5.74, 6) is 0. The standard InChI is InChI=1S/C6H15N.HI/c1-3-5-6(7)4-2;/h6H,3-5,7H2,1-2H3;1H. The van der Waals surface area contributed by atoms with Gasteiger partial charge in [0, 0.05) is 6.04 Å². The van der Waals surface area contributed by atoms with Gasteiger partial charge in [-0.3, -0.25) is 0 Å². The van der Waals surface area contributed by atoms with E-state index in [-0.39, 0.29) is 24.0 Å². The molecule has 0 heterocycles. The maximum Gasteiger partial charge on any atom is 0.00361 e. The third-order valence-electron chi connectivity index (χ3n) is 1.18. The van der Waals surface area contributed by atoms with Gasteiger partial charge in [-0.2, -0.15) is 0 Å². The zero-order valence-electron chi connectivity index (χ0n) is 5.68. The molecule has 0 aliphatic rings. The van der Waals surface area contributed by atoms with Crippen molar-refractivity contribution in [3.8, 4) is 0 Å². The molecule has 0 radical (unpaired) electrons. The van der Waals surface area contributed by atoms with Crippen LogP contribution < -0.4 is 5.73 Å². The fraction of sp³-hybridized carbons (Fsp3) is 1.00. The molecule has 0 bridgehead atoms. The fourth-order valence-corrected chi connectivity index (χ4v) is 0.575. The van der Waals surface area contributed by atoms with E-state index in [1.807, 2.05) is 0 Å². The van der Waals surface area contributed by atoms with Gasteiger partial charge in [-0.1, -0.05) is 20.3 Å². The summed E-state index contributed by atoms with van der Waals surface area (Å²) in [7, 11) is 0. The molecular weight excluding hydrogens is 213 g/mol. The summed E-state index contributed by atoms with van der Waals surface area (Å²) in [5, 5.41) is 0. The van der Waals surface area contributed by atoms with Gasteiger partial charge < -0.3 is 5.73 Å². The molecule has 2 heteroatoms. The molecule has 0 fully saturated rings. The third-order valence-corrected chi connectivity index (χ3v) is 1.18. The van der Waals surface area contributed by atoms with E-state index in [0.717, 1.165) is 6.42 Å². The second-order valence-electron chi connectivity index (χ2n) is 1.96. The summed E-state index contributed by atoms with van der Waals surface area (Å²) in [4.78, 5) is 0. The Morgan fingerprint density at radius 1 is 1.38 bits per heavy atom. The van der Waals surface area contributed by atoms with E-state index in [1.165, 1.54) is 12.8 Å². The van der Waals surface area contributed by atoms with Crippen molar-refractivity contribution in [2.45, 2.75) is 39.2 Å². The molecule has 0 saturated carbocycles. The van der Waals surface area contributed by atoms with Crippen molar-refractivity contribution < 1.29 is 0 Å². The normalized spacial score (nSPS) is 12.4. The van der Waals surface area contributed by atoms with Gasteiger partial charge >= 0.3 is 0 Å². The van der Waals surface area contributed by atoms with Crippen molar-refractivity contribution in [2.75, 3.05) is 0 Å². The summed E-state index contributed by atoms with van der Waals surface area (Å²) in [6, 6.07) is 0.449. The summed E-state index contributed by atoms with van der Waals surface area (Å²) in [6.07, 6.45) is 3.51. The molecular formula is C6H16IN. The first-order valence-corrected chi connectivity index (χ1v) is 3.06. The first-order chi connectivity index (χ1) is 3.31. The van der Waals surface area contributed by atoms with Gasteiger partial charge in [0.05, 0.1) is 0 Å². The van der Waals surface area contributed by atoms with Crippen LogP contribution in [0.5, 0.6) is 0 Å². The smallest absolute Gasteiger partial charge is 0.00361 e. The largest absolute Gasteiger partial charge is 0.328 e. The number of hydrogen-bond donors (Lipinski definition) is 1. The average Bonchev–Trinajstić information content (AvgIpc) is 1.68. The molecule has 2 N–H and O–H groups in total. The summed E-state index contributed by atoms with van der Waals surface area (Å²) < 4.78 is 0. The molecule has 0 saturated heterocycles. The van der Waals surface area contributed by atoms with Crippen LogP contribution in [0.4, 0.5) is 0 Å². The van der Waals surface area contributed by atoms with Gasteiger partial charge in [-0.05, 0) is 12.8 Å². The van der Waals surface area contributed by atoms with Crippen LogP contribution in [-0.2, 0) is 0 Å². The van der Waals surface area contributed by atoms with Crippen molar-refractivity contribution in [1.29, 1.82) is 0 Å². The lowest BCUT2D eigenvalue weighted by Gasteiger charge is -2.03. The molecule has 1 atom stereocenters. The summed E-state index contributed by atoms with van der Waals surface area (Å²) >= 11 is 0. The zero-order valence-corrected chi connectivity index (χ0v) is 8.01. The summed E-state index contributed by atoms with van der Waals surface area (Å²) in [5.41, 5.74) is 5.58. The van der Waals surface area contributed by atoms with Crippen LogP contribution in [0.1, 0.15) is 33.1 Å². The third kappa shape index (κ3) is 6.69. The Kier molecular flexibility index (Phi) is 11.0. The van der Waals surface area contributed by atoms with Gasteiger partial charge in [-0.15, -0.1) is 24.0 Å². The Hall–Kier alpha value is 0.690. The maximum absolute atomic E-state index is 5.58. The van der Waals surface area contributed by atoms with Crippen molar-refractivity contribution in [3.63, 3.8) is 0 Å². The number of hydrogen-bond acceptors (Lipinski definition) is 1. The van der Waals surface area contributed by atoms with E-state index in [1.54, 1.807) is 0 Å². The lowest BCUT2D eigenvalue weighted by Crippen LogP contribution is -2.17. The van der Waals surface area contributed by atoms with Crippen LogP contribution in [0.25, 0.3) is 0 Å². The molecule has 1 unspecified atom stereocenters. The Morgan fingerprint density at radius 2 is 1.88 bits per heavy atom. The molecule has 0 aliphatic heterocycles. The highest BCUT2D eigenvalue weighted by atomic mass is 127. The quantitative estimate of drug-likeness (QED) is 0.737. The van der Waals surface area contributed by atoms with Crippen LogP contribution in [0.2, 0.25) is 0 Å². The first-order valence-electron chi connectivity index (χ1n) is 3.06. The topological polar surface area (TPSA) is 26.0 Å². The molecule has 0 spiro atoms. The first kappa shape index (κ1) is 11.5. The molecule has 0 amide bonds. The van der Waals surface area contributed by atoms with Crippen LogP contribution in [-0.4, -0.2) is 6.04 Å². The SMILES string of the molecule is CCCC(N)CC.I. The van der Waals surface area contributed by atoms with Gasteiger partial charge in [0.15, 0.2) is 0 Å². The minimum absolute atomic E-state index is 0. The predicted octanol–water partition coefficient (Wildman–Crippen LogP) is 2.14.